The Hall–Kier alpha value is -1.31. The minimum absolute atomic E-state index is 0.352. The molecule has 0 aromatic heterocycles. The van der Waals surface area contributed by atoms with Gasteiger partial charge in [0, 0.05) is 24.9 Å². The summed E-state index contributed by atoms with van der Waals surface area (Å²) in [6.45, 7) is 3.25. The lowest BCUT2D eigenvalue weighted by Crippen LogP contribution is -2.59. The van der Waals surface area contributed by atoms with Crippen molar-refractivity contribution < 1.29 is 4.79 Å². The summed E-state index contributed by atoms with van der Waals surface area (Å²) >= 11 is 0. The monoisotopic (exact) mass is 255 g/mol. The van der Waals surface area contributed by atoms with Crippen molar-refractivity contribution in [3.8, 4) is 0 Å². The fourth-order valence-corrected chi connectivity index (χ4v) is 4.81. The van der Waals surface area contributed by atoms with Gasteiger partial charge in [-0.2, -0.15) is 0 Å². The Morgan fingerprint density at radius 2 is 2.11 bits per heavy atom. The Balaban J connectivity index is 1.86. The maximum absolute atomic E-state index is 12.3. The lowest BCUT2D eigenvalue weighted by Gasteiger charge is -2.57. The first kappa shape index (κ1) is 11.5. The second-order valence-electron chi connectivity index (χ2n) is 6.82. The van der Waals surface area contributed by atoms with Crippen LogP contribution in [0.5, 0.6) is 0 Å². The molecule has 2 fully saturated rings. The molecule has 2 heterocycles. The first-order valence-electron chi connectivity index (χ1n) is 7.56. The molecule has 100 valence electrons. The highest BCUT2D eigenvalue weighted by Crippen LogP contribution is 2.54. The van der Waals surface area contributed by atoms with E-state index in [4.69, 9.17) is 0 Å². The van der Waals surface area contributed by atoms with Gasteiger partial charge in [0.15, 0.2) is 0 Å². The Morgan fingerprint density at radius 1 is 1.26 bits per heavy atom. The van der Waals surface area contributed by atoms with Gasteiger partial charge in [-0.15, -0.1) is 0 Å². The fourth-order valence-electron chi connectivity index (χ4n) is 4.81. The van der Waals surface area contributed by atoms with E-state index in [0.717, 1.165) is 19.4 Å². The van der Waals surface area contributed by atoms with Crippen molar-refractivity contribution in [2.24, 2.45) is 5.41 Å². The number of hydrogen-bond donors (Lipinski definition) is 0. The molecular weight excluding hydrogens is 234 g/mol. The number of rotatable bonds is 0. The normalized spacial score (nSPS) is 36.7. The molecule has 0 radical (unpaired) electrons. The molecule has 2 heteroatoms. The van der Waals surface area contributed by atoms with Crippen molar-refractivity contribution in [3.63, 3.8) is 0 Å². The fraction of sp³-hybridized carbons (Fsp3) is 0.588. The first-order valence-corrected chi connectivity index (χ1v) is 7.56. The van der Waals surface area contributed by atoms with Crippen LogP contribution in [0.3, 0.4) is 0 Å². The van der Waals surface area contributed by atoms with Crippen LogP contribution in [0.4, 0.5) is 0 Å². The second-order valence-corrected chi connectivity index (χ2v) is 6.82. The SMILES string of the molecule is C[C@]12CCC[C@@H]3c4ccccc4CN(C(=O)CC1)[C@@H]32. The zero-order valence-corrected chi connectivity index (χ0v) is 11.6. The Bertz CT molecular complexity index is 538. The van der Waals surface area contributed by atoms with Gasteiger partial charge in [-0.3, -0.25) is 4.79 Å². The van der Waals surface area contributed by atoms with Gasteiger partial charge in [-0.1, -0.05) is 37.6 Å². The molecule has 1 aliphatic carbocycles. The van der Waals surface area contributed by atoms with E-state index in [1.54, 1.807) is 0 Å². The van der Waals surface area contributed by atoms with E-state index in [1.165, 1.54) is 30.4 Å². The average molecular weight is 255 g/mol. The van der Waals surface area contributed by atoms with E-state index in [9.17, 15) is 4.79 Å². The first-order chi connectivity index (χ1) is 9.19. The summed E-state index contributed by atoms with van der Waals surface area (Å²) in [5.41, 5.74) is 3.25. The Labute approximate surface area is 114 Å². The second kappa shape index (κ2) is 3.84. The summed E-state index contributed by atoms with van der Waals surface area (Å²) in [4.78, 5) is 14.5. The highest BCUT2D eigenvalue weighted by Gasteiger charge is 2.52. The summed E-state index contributed by atoms with van der Waals surface area (Å²) in [5, 5.41) is 0. The molecule has 0 spiro atoms. The largest absolute Gasteiger partial charge is 0.334 e. The molecule has 1 saturated heterocycles. The summed E-state index contributed by atoms with van der Waals surface area (Å²) in [6, 6.07) is 9.22. The van der Waals surface area contributed by atoms with E-state index in [0.29, 0.717) is 23.3 Å². The number of hydrogen-bond acceptors (Lipinski definition) is 1. The molecule has 1 saturated carbocycles. The number of piperidine rings is 1. The van der Waals surface area contributed by atoms with Crippen molar-refractivity contribution in [1.29, 1.82) is 0 Å². The highest BCUT2D eigenvalue weighted by atomic mass is 16.2. The third-order valence-corrected chi connectivity index (χ3v) is 5.72. The molecule has 3 aliphatic rings. The third kappa shape index (κ3) is 1.52. The van der Waals surface area contributed by atoms with Gasteiger partial charge in [0.2, 0.25) is 5.91 Å². The van der Waals surface area contributed by atoms with Crippen molar-refractivity contribution in [1.82, 2.24) is 4.90 Å². The van der Waals surface area contributed by atoms with Gasteiger partial charge < -0.3 is 4.90 Å². The maximum atomic E-state index is 12.3. The number of carbonyl (C=O) groups is 1. The van der Waals surface area contributed by atoms with Gasteiger partial charge in [0.05, 0.1) is 0 Å². The maximum Gasteiger partial charge on any atom is 0.223 e. The van der Waals surface area contributed by atoms with E-state index in [2.05, 4.69) is 36.1 Å². The number of fused-ring (bicyclic) bond motifs is 2. The van der Waals surface area contributed by atoms with Crippen LogP contribution < -0.4 is 0 Å². The molecular formula is C17H21NO. The zero-order valence-electron chi connectivity index (χ0n) is 11.6. The number of amides is 1. The molecule has 1 aromatic carbocycles. The third-order valence-electron chi connectivity index (χ3n) is 5.72. The summed E-state index contributed by atoms with van der Waals surface area (Å²) in [7, 11) is 0. The van der Waals surface area contributed by atoms with E-state index in [1.807, 2.05) is 0 Å². The molecule has 4 rings (SSSR count). The van der Waals surface area contributed by atoms with E-state index in [-0.39, 0.29) is 0 Å². The number of benzene rings is 1. The van der Waals surface area contributed by atoms with Gasteiger partial charge in [0.25, 0.3) is 0 Å². The number of carbonyl (C=O) groups excluding carboxylic acids is 1. The van der Waals surface area contributed by atoms with Crippen LogP contribution in [0.1, 0.15) is 56.1 Å². The van der Waals surface area contributed by atoms with Crippen molar-refractivity contribution >= 4 is 5.91 Å². The Morgan fingerprint density at radius 3 is 3.00 bits per heavy atom. The quantitative estimate of drug-likeness (QED) is 0.695. The minimum atomic E-state index is 0.352. The molecule has 0 bridgehead atoms. The van der Waals surface area contributed by atoms with Crippen LogP contribution in [0.25, 0.3) is 0 Å². The summed E-state index contributed by atoms with van der Waals surface area (Å²) in [6.07, 6.45) is 5.70. The van der Waals surface area contributed by atoms with Gasteiger partial charge in [-0.25, -0.2) is 0 Å². The predicted molar refractivity (Wildman–Crippen MR) is 74.7 cm³/mol. The highest BCUT2D eigenvalue weighted by molar-refractivity contribution is 5.78. The molecule has 3 atom stereocenters. The van der Waals surface area contributed by atoms with Crippen molar-refractivity contribution in [2.45, 2.75) is 57.5 Å². The van der Waals surface area contributed by atoms with Crippen LogP contribution in [0.15, 0.2) is 24.3 Å². The lowest BCUT2D eigenvalue weighted by molar-refractivity contribution is -0.148. The smallest absolute Gasteiger partial charge is 0.223 e. The van der Waals surface area contributed by atoms with Gasteiger partial charge in [0.1, 0.15) is 0 Å². The average Bonchev–Trinajstić information content (AvgIpc) is 2.43. The van der Waals surface area contributed by atoms with Gasteiger partial charge in [-0.05, 0) is 35.8 Å². The van der Waals surface area contributed by atoms with Crippen LogP contribution in [-0.4, -0.2) is 16.8 Å². The zero-order chi connectivity index (χ0) is 13.0. The van der Waals surface area contributed by atoms with Gasteiger partial charge >= 0.3 is 0 Å². The van der Waals surface area contributed by atoms with E-state index >= 15 is 0 Å². The molecule has 2 aliphatic heterocycles. The Kier molecular flexibility index (Phi) is 2.33. The standard InChI is InChI=1S/C17H21NO/c1-17-9-4-7-14-13-6-3-2-5-12(13)11-18(16(14)17)15(19)8-10-17/h2-3,5-6,14,16H,4,7-11H2,1H3/t14-,16+,17+/m1/s1. The topological polar surface area (TPSA) is 20.3 Å². The number of nitrogens with zero attached hydrogens (tertiary/aromatic N) is 1. The van der Waals surface area contributed by atoms with E-state index < -0.39 is 0 Å². The summed E-state index contributed by atoms with van der Waals surface area (Å²) in [5.74, 6) is 0.955. The van der Waals surface area contributed by atoms with Crippen LogP contribution >= 0.6 is 0 Å². The van der Waals surface area contributed by atoms with Crippen LogP contribution in [0, 0.1) is 5.41 Å². The van der Waals surface area contributed by atoms with Crippen molar-refractivity contribution in [3.05, 3.63) is 35.4 Å². The summed E-state index contributed by atoms with van der Waals surface area (Å²) < 4.78 is 0. The van der Waals surface area contributed by atoms with Crippen LogP contribution in [0.2, 0.25) is 0 Å². The minimum Gasteiger partial charge on any atom is -0.334 e. The molecule has 2 nitrogen and oxygen atoms in total. The molecule has 1 amide bonds. The predicted octanol–water partition coefficient (Wildman–Crippen LogP) is 3.47. The molecule has 19 heavy (non-hydrogen) atoms. The lowest BCUT2D eigenvalue weighted by atomic mass is 9.59. The molecule has 1 aromatic rings. The molecule has 0 unspecified atom stereocenters. The van der Waals surface area contributed by atoms with Crippen LogP contribution in [-0.2, 0) is 11.3 Å². The van der Waals surface area contributed by atoms with Crippen molar-refractivity contribution in [2.75, 3.05) is 0 Å². The molecule has 0 N–H and O–H groups in total.